The number of benzene rings is 1. The topological polar surface area (TPSA) is 47.7 Å². The average molecular weight is 374 g/mol. The molecule has 2 fully saturated rings. The molecule has 0 bridgehead atoms. The average Bonchev–Trinajstić information content (AvgIpc) is 3.18. The van der Waals surface area contributed by atoms with E-state index in [0.717, 1.165) is 49.9 Å². The lowest BCUT2D eigenvalue weighted by atomic mass is 10.2. The van der Waals surface area contributed by atoms with Gasteiger partial charge in [0.25, 0.3) is 0 Å². The van der Waals surface area contributed by atoms with Gasteiger partial charge >= 0.3 is 0 Å². The van der Waals surface area contributed by atoms with Crippen LogP contribution in [-0.4, -0.2) is 42.8 Å². The maximum absolute atomic E-state index is 14.3. The van der Waals surface area contributed by atoms with Gasteiger partial charge in [0.05, 0.1) is 24.5 Å². The molecule has 0 radical (unpaired) electrons. The lowest BCUT2D eigenvalue weighted by Gasteiger charge is -2.24. The van der Waals surface area contributed by atoms with E-state index in [1.54, 1.807) is 19.2 Å². The lowest BCUT2D eigenvalue weighted by Crippen LogP contribution is -2.33. The van der Waals surface area contributed by atoms with Gasteiger partial charge in [0.2, 0.25) is 5.89 Å². The third kappa shape index (κ3) is 4.50. The fourth-order valence-corrected chi connectivity index (χ4v) is 3.64. The Kier molecular flexibility index (Phi) is 5.45. The fraction of sp³-hybridized carbons (Fsp3) is 0.571. The van der Waals surface area contributed by atoms with Crippen LogP contribution in [-0.2, 0) is 11.3 Å². The number of hydrogen-bond donors (Lipinski definition) is 0. The molecular weight excluding hydrogens is 347 g/mol. The third-order valence-electron chi connectivity index (χ3n) is 5.37. The molecule has 27 heavy (non-hydrogen) atoms. The summed E-state index contributed by atoms with van der Waals surface area (Å²) in [5, 5.41) is 0. The second-order valence-corrected chi connectivity index (χ2v) is 7.64. The fourth-order valence-electron chi connectivity index (χ4n) is 3.64. The van der Waals surface area contributed by atoms with Crippen molar-refractivity contribution in [2.24, 2.45) is 5.92 Å². The van der Waals surface area contributed by atoms with Crippen molar-refractivity contribution in [2.45, 2.75) is 45.3 Å². The van der Waals surface area contributed by atoms with Crippen molar-refractivity contribution >= 4 is 0 Å². The predicted octanol–water partition coefficient (Wildman–Crippen LogP) is 4.19. The molecule has 2 aromatic rings. The molecule has 146 valence electrons. The smallest absolute Gasteiger partial charge is 0.229 e. The van der Waals surface area contributed by atoms with Crippen LogP contribution in [0.5, 0.6) is 5.75 Å². The molecule has 5 nitrogen and oxygen atoms in total. The first kappa shape index (κ1) is 18.4. The van der Waals surface area contributed by atoms with Gasteiger partial charge in [-0.1, -0.05) is 0 Å². The molecule has 1 saturated carbocycles. The molecule has 1 aliphatic heterocycles. The number of oxazole rings is 1. The van der Waals surface area contributed by atoms with E-state index in [1.165, 1.54) is 18.9 Å². The second kappa shape index (κ2) is 7.98. The first-order chi connectivity index (χ1) is 13.1. The van der Waals surface area contributed by atoms with E-state index in [1.807, 2.05) is 6.92 Å². The van der Waals surface area contributed by atoms with Crippen molar-refractivity contribution in [3.8, 4) is 17.2 Å². The van der Waals surface area contributed by atoms with Crippen LogP contribution in [0.1, 0.15) is 37.1 Å². The Bertz CT molecular complexity index is 782. The Morgan fingerprint density at radius 1 is 1.26 bits per heavy atom. The number of aryl methyl sites for hydroxylation is 1. The van der Waals surface area contributed by atoms with E-state index in [-0.39, 0.29) is 5.82 Å². The third-order valence-corrected chi connectivity index (χ3v) is 5.37. The number of rotatable bonds is 8. The van der Waals surface area contributed by atoms with E-state index < -0.39 is 0 Å². The normalized spacial score (nSPS) is 19.8. The van der Waals surface area contributed by atoms with Crippen molar-refractivity contribution in [1.29, 1.82) is 0 Å². The number of halogens is 1. The van der Waals surface area contributed by atoms with Gasteiger partial charge in [-0.25, -0.2) is 9.37 Å². The Balaban J connectivity index is 1.52. The molecule has 1 aromatic heterocycles. The summed E-state index contributed by atoms with van der Waals surface area (Å²) in [4.78, 5) is 7.03. The molecule has 1 atom stereocenters. The van der Waals surface area contributed by atoms with E-state index in [0.29, 0.717) is 29.9 Å². The number of ether oxygens (including phenoxy) is 2. The largest absolute Gasteiger partial charge is 0.497 e. The minimum Gasteiger partial charge on any atom is -0.497 e. The van der Waals surface area contributed by atoms with Gasteiger partial charge in [0.15, 0.2) is 0 Å². The van der Waals surface area contributed by atoms with Crippen molar-refractivity contribution in [3.05, 3.63) is 35.5 Å². The van der Waals surface area contributed by atoms with Gasteiger partial charge < -0.3 is 13.9 Å². The van der Waals surface area contributed by atoms with E-state index in [2.05, 4.69) is 9.88 Å². The summed E-state index contributed by atoms with van der Waals surface area (Å²) in [5.74, 6) is 2.05. The highest BCUT2D eigenvalue weighted by molar-refractivity contribution is 5.57. The van der Waals surface area contributed by atoms with Crippen LogP contribution in [0.4, 0.5) is 4.39 Å². The van der Waals surface area contributed by atoms with Gasteiger partial charge in [-0.05, 0) is 56.7 Å². The number of hydrogen-bond acceptors (Lipinski definition) is 5. The van der Waals surface area contributed by atoms with Crippen molar-refractivity contribution in [1.82, 2.24) is 9.88 Å². The van der Waals surface area contributed by atoms with Crippen molar-refractivity contribution in [2.75, 3.05) is 26.8 Å². The summed E-state index contributed by atoms with van der Waals surface area (Å²) in [5.41, 5.74) is 1.20. The van der Waals surface area contributed by atoms with Gasteiger partial charge in [-0.15, -0.1) is 0 Å². The maximum Gasteiger partial charge on any atom is 0.229 e. The van der Waals surface area contributed by atoms with Gasteiger partial charge in [-0.3, -0.25) is 4.90 Å². The van der Waals surface area contributed by atoms with Crippen molar-refractivity contribution in [3.63, 3.8) is 0 Å². The summed E-state index contributed by atoms with van der Waals surface area (Å²) in [7, 11) is 1.56. The first-order valence-electron chi connectivity index (χ1n) is 9.76. The maximum atomic E-state index is 14.3. The second-order valence-electron chi connectivity index (χ2n) is 7.64. The molecule has 0 N–H and O–H groups in total. The van der Waals surface area contributed by atoms with Crippen LogP contribution in [0.2, 0.25) is 0 Å². The van der Waals surface area contributed by atoms with Gasteiger partial charge in [0, 0.05) is 26.2 Å². The number of nitrogens with zero attached hydrogens (tertiary/aromatic N) is 2. The molecule has 2 aliphatic rings. The molecule has 4 rings (SSSR count). The zero-order valence-corrected chi connectivity index (χ0v) is 16.0. The Labute approximate surface area is 159 Å². The summed E-state index contributed by atoms with van der Waals surface area (Å²) in [6, 6.07) is 4.59. The minimum atomic E-state index is -0.363. The SMILES string of the molecule is COc1ccc(F)c(-c2nc(CN(CC3CC3)C[C@@H]3CCCO3)c(C)o2)c1. The Hall–Kier alpha value is -1.92. The lowest BCUT2D eigenvalue weighted by molar-refractivity contribution is 0.0684. The number of methoxy groups -OCH3 is 1. The van der Waals surface area contributed by atoms with Crippen LogP contribution in [0.15, 0.2) is 22.6 Å². The molecular formula is C21H27FN2O3. The minimum absolute atomic E-state index is 0.308. The molecule has 0 amide bonds. The van der Waals surface area contributed by atoms with Gasteiger partial charge in [-0.2, -0.15) is 0 Å². The summed E-state index contributed by atoms with van der Waals surface area (Å²) in [6.07, 6.45) is 5.19. The standard InChI is InChI=1S/C21H27FN2O3/c1-14-20(13-24(11-15-5-6-15)12-17-4-3-9-26-17)23-21(27-14)18-10-16(25-2)7-8-19(18)22/h7-8,10,15,17H,3-6,9,11-13H2,1-2H3/t17-/m0/s1. The van der Waals surface area contributed by atoms with E-state index >= 15 is 0 Å². The van der Waals surface area contributed by atoms with Crippen molar-refractivity contribution < 1.29 is 18.3 Å². The van der Waals surface area contributed by atoms with Crippen LogP contribution in [0, 0.1) is 18.7 Å². The molecule has 1 saturated heterocycles. The predicted molar refractivity (Wildman–Crippen MR) is 100 cm³/mol. The zero-order valence-electron chi connectivity index (χ0n) is 16.0. The summed E-state index contributed by atoms with van der Waals surface area (Å²) < 4.78 is 31.1. The van der Waals surface area contributed by atoms with E-state index in [9.17, 15) is 4.39 Å². The molecule has 2 heterocycles. The van der Waals surface area contributed by atoms with Crippen LogP contribution in [0.3, 0.4) is 0 Å². The highest BCUT2D eigenvalue weighted by Gasteiger charge is 2.28. The number of aromatic nitrogens is 1. The Morgan fingerprint density at radius 2 is 2.11 bits per heavy atom. The van der Waals surface area contributed by atoms with Crippen LogP contribution < -0.4 is 4.74 Å². The monoisotopic (exact) mass is 374 g/mol. The molecule has 1 aliphatic carbocycles. The quantitative estimate of drug-likeness (QED) is 0.693. The highest BCUT2D eigenvalue weighted by Crippen LogP contribution is 2.32. The first-order valence-corrected chi connectivity index (χ1v) is 9.76. The highest BCUT2D eigenvalue weighted by atomic mass is 19.1. The molecule has 6 heteroatoms. The summed E-state index contributed by atoms with van der Waals surface area (Å²) in [6.45, 7) is 5.45. The summed E-state index contributed by atoms with van der Waals surface area (Å²) >= 11 is 0. The van der Waals surface area contributed by atoms with E-state index in [4.69, 9.17) is 13.9 Å². The molecule has 0 spiro atoms. The molecule has 0 unspecified atom stereocenters. The van der Waals surface area contributed by atoms with Gasteiger partial charge in [0.1, 0.15) is 17.3 Å². The Morgan fingerprint density at radius 3 is 2.81 bits per heavy atom. The molecule has 1 aromatic carbocycles. The van der Waals surface area contributed by atoms with Crippen LogP contribution in [0.25, 0.3) is 11.5 Å². The van der Waals surface area contributed by atoms with Crippen LogP contribution >= 0.6 is 0 Å². The zero-order chi connectivity index (χ0) is 18.8.